The molecule has 2 heterocycles. The fourth-order valence-electron chi connectivity index (χ4n) is 2.48. The predicted octanol–water partition coefficient (Wildman–Crippen LogP) is 3.64. The van der Waals surface area contributed by atoms with Gasteiger partial charge in [-0.1, -0.05) is 11.6 Å². The summed E-state index contributed by atoms with van der Waals surface area (Å²) in [5.41, 5.74) is 1.66. The fourth-order valence-corrected chi connectivity index (χ4v) is 3.71. The summed E-state index contributed by atoms with van der Waals surface area (Å²) in [5.74, 6) is 0.248. The van der Waals surface area contributed by atoms with Crippen LogP contribution in [0.3, 0.4) is 0 Å². The molecular formula is C17H15ClN2O4S. The first-order valence-corrected chi connectivity index (χ1v) is 8.72. The molecule has 130 valence electrons. The molecule has 0 aliphatic heterocycles. The lowest BCUT2D eigenvalue weighted by molar-refractivity contribution is -0.142. The predicted molar refractivity (Wildman–Crippen MR) is 95.8 cm³/mol. The number of methoxy groups -OCH3 is 1. The summed E-state index contributed by atoms with van der Waals surface area (Å²) in [7, 11) is 1.54. The number of aromatic nitrogens is 2. The molecule has 0 saturated carbocycles. The van der Waals surface area contributed by atoms with Crippen LogP contribution in [0.15, 0.2) is 24.4 Å². The molecule has 3 aromatic rings. The Morgan fingerprint density at radius 1 is 1.44 bits per heavy atom. The first kappa shape index (κ1) is 17.4. The Kier molecular flexibility index (Phi) is 5.06. The third-order valence-electron chi connectivity index (χ3n) is 3.57. The van der Waals surface area contributed by atoms with Gasteiger partial charge in [0.05, 0.1) is 25.2 Å². The summed E-state index contributed by atoms with van der Waals surface area (Å²) < 4.78 is 11.8. The average Bonchev–Trinajstić information content (AvgIpc) is 3.11. The molecule has 3 rings (SSSR count). The molecule has 0 aliphatic carbocycles. The van der Waals surface area contributed by atoms with Crippen molar-refractivity contribution in [2.75, 3.05) is 13.7 Å². The summed E-state index contributed by atoms with van der Waals surface area (Å²) >= 11 is 7.51. The van der Waals surface area contributed by atoms with Crippen molar-refractivity contribution in [3.05, 3.63) is 40.0 Å². The van der Waals surface area contributed by atoms with Crippen LogP contribution >= 0.6 is 22.9 Å². The first-order chi connectivity index (χ1) is 12.1. The smallest absolute Gasteiger partial charge is 0.311 e. The van der Waals surface area contributed by atoms with E-state index in [-0.39, 0.29) is 12.4 Å². The molecule has 0 spiro atoms. The molecule has 0 amide bonds. The molecule has 0 fully saturated rings. The number of thiazole rings is 1. The Labute approximate surface area is 153 Å². The number of ether oxygens (including phenoxy) is 2. The van der Waals surface area contributed by atoms with Crippen molar-refractivity contribution in [1.29, 1.82) is 0 Å². The molecule has 25 heavy (non-hydrogen) atoms. The number of halogens is 1. The molecule has 6 nitrogen and oxygen atoms in total. The Morgan fingerprint density at radius 3 is 2.88 bits per heavy atom. The molecule has 0 aliphatic rings. The van der Waals surface area contributed by atoms with Crippen LogP contribution in [0.2, 0.25) is 5.02 Å². The third-order valence-corrected chi connectivity index (χ3v) is 4.85. The van der Waals surface area contributed by atoms with Gasteiger partial charge in [0.2, 0.25) is 0 Å². The zero-order valence-corrected chi connectivity index (χ0v) is 15.2. The molecule has 0 unspecified atom stereocenters. The second kappa shape index (κ2) is 7.25. The maximum absolute atomic E-state index is 11.6. The van der Waals surface area contributed by atoms with E-state index >= 15 is 0 Å². The van der Waals surface area contributed by atoms with Crippen LogP contribution in [0.5, 0.6) is 5.75 Å². The van der Waals surface area contributed by atoms with Crippen molar-refractivity contribution in [3.8, 4) is 17.0 Å². The van der Waals surface area contributed by atoms with Crippen molar-refractivity contribution >= 4 is 40.2 Å². The highest BCUT2D eigenvalue weighted by Gasteiger charge is 2.18. The molecule has 0 atom stereocenters. The number of benzene rings is 1. The van der Waals surface area contributed by atoms with Gasteiger partial charge in [0.15, 0.2) is 11.2 Å². The lowest BCUT2D eigenvalue weighted by atomic mass is 10.1. The molecule has 0 bridgehead atoms. The largest absolute Gasteiger partial charge is 0.495 e. The van der Waals surface area contributed by atoms with Crippen LogP contribution in [-0.4, -0.2) is 35.4 Å². The number of rotatable bonds is 6. The van der Waals surface area contributed by atoms with E-state index in [0.717, 1.165) is 16.7 Å². The van der Waals surface area contributed by atoms with Gasteiger partial charge in [0.25, 0.3) is 0 Å². The first-order valence-electron chi connectivity index (χ1n) is 7.52. The normalized spacial score (nSPS) is 10.8. The fraction of sp³-hybridized carbons (Fsp3) is 0.235. The Morgan fingerprint density at radius 2 is 2.24 bits per heavy atom. The number of imidazole rings is 1. The molecule has 2 aromatic heterocycles. The van der Waals surface area contributed by atoms with Crippen LogP contribution in [-0.2, 0) is 16.0 Å². The number of hydrogen-bond donors (Lipinski definition) is 0. The minimum absolute atomic E-state index is 0.157. The summed E-state index contributed by atoms with van der Waals surface area (Å²) in [6.45, 7) is 2.10. The number of hydrogen-bond acceptors (Lipinski definition) is 6. The Bertz CT molecular complexity index is 948. The number of nitrogens with zero attached hydrogens (tertiary/aromatic N) is 2. The van der Waals surface area contributed by atoms with E-state index in [9.17, 15) is 9.59 Å². The van der Waals surface area contributed by atoms with Gasteiger partial charge in [0, 0.05) is 16.6 Å². The van der Waals surface area contributed by atoms with Gasteiger partial charge in [-0.3, -0.25) is 14.0 Å². The maximum Gasteiger partial charge on any atom is 0.311 e. The second-order valence-corrected chi connectivity index (χ2v) is 6.65. The van der Waals surface area contributed by atoms with Gasteiger partial charge < -0.3 is 9.47 Å². The number of esters is 1. The van der Waals surface area contributed by atoms with Crippen LogP contribution < -0.4 is 4.74 Å². The van der Waals surface area contributed by atoms with Gasteiger partial charge in [-0.15, -0.1) is 11.3 Å². The number of carbonyl (C=O) groups is 2. The molecule has 0 radical (unpaired) electrons. The van der Waals surface area contributed by atoms with E-state index < -0.39 is 0 Å². The highest BCUT2D eigenvalue weighted by Crippen LogP contribution is 2.33. The van der Waals surface area contributed by atoms with Crippen molar-refractivity contribution < 1.29 is 19.1 Å². The summed E-state index contributed by atoms with van der Waals surface area (Å²) in [5, 5.41) is 0.441. The van der Waals surface area contributed by atoms with Crippen molar-refractivity contribution in [2.24, 2.45) is 0 Å². The van der Waals surface area contributed by atoms with E-state index in [2.05, 4.69) is 4.98 Å². The van der Waals surface area contributed by atoms with Gasteiger partial charge in [0.1, 0.15) is 17.1 Å². The summed E-state index contributed by atoms with van der Waals surface area (Å²) in [6, 6.07) is 5.23. The molecule has 1 aromatic carbocycles. The molecule has 0 saturated heterocycles. The monoisotopic (exact) mass is 378 g/mol. The minimum atomic E-state index is -0.304. The Hall–Kier alpha value is -2.38. The van der Waals surface area contributed by atoms with Crippen molar-refractivity contribution in [2.45, 2.75) is 13.3 Å². The number of carbonyl (C=O) groups excluding carboxylic acids is 2. The SMILES string of the molecule is CCOC(=O)Cc1cn2c(C=O)c(-c3ccc(OC)c(Cl)c3)nc2s1. The molecule has 0 N–H and O–H groups in total. The lowest BCUT2D eigenvalue weighted by Gasteiger charge is -2.05. The quantitative estimate of drug-likeness (QED) is 0.483. The number of aldehydes is 1. The van der Waals surface area contributed by atoms with Gasteiger partial charge in [-0.05, 0) is 25.1 Å². The lowest BCUT2D eigenvalue weighted by Crippen LogP contribution is -2.06. The van der Waals surface area contributed by atoms with Gasteiger partial charge >= 0.3 is 5.97 Å². The molecule has 8 heteroatoms. The van der Waals surface area contributed by atoms with E-state index in [1.165, 1.54) is 18.4 Å². The summed E-state index contributed by atoms with van der Waals surface area (Å²) in [4.78, 5) is 29.2. The summed E-state index contributed by atoms with van der Waals surface area (Å²) in [6.07, 6.45) is 2.64. The standard InChI is InChI=1S/C17H15ClN2O4S/c1-3-24-15(22)7-11-8-20-13(9-21)16(19-17(20)25-11)10-4-5-14(23-2)12(18)6-10/h4-6,8-9H,3,7H2,1-2H3. The van der Waals surface area contributed by atoms with E-state index in [0.29, 0.717) is 33.7 Å². The third kappa shape index (κ3) is 3.38. The van der Waals surface area contributed by atoms with Gasteiger partial charge in [-0.2, -0.15) is 0 Å². The van der Waals surface area contributed by atoms with E-state index in [1.807, 2.05) is 0 Å². The van der Waals surface area contributed by atoms with Crippen molar-refractivity contribution in [1.82, 2.24) is 9.38 Å². The van der Waals surface area contributed by atoms with Crippen LogP contribution in [0, 0.1) is 0 Å². The zero-order valence-electron chi connectivity index (χ0n) is 13.6. The van der Waals surface area contributed by atoms with E-state index in [4.69, 9.17) is 21.1 Å². The van der Waals surface area contributed by atoms with Crippen LogP contribution in [0.4, 0.5) is 0 Å². The van der Waals surface area contributed by atoms with Crippen LogP contribution in [0.1, 0.15) is 22.3 Å². The van der Waals surface area contributed by atoms with E-state index in [1.54, 1.807) is 35.7 Å². The van der Waals surface area contributed by atoms with Crippen molar-refractivity contribution in [3.63, 3.8) is 0 Å². The van der Waals surface area contributed by atoms with Gasteiger partial charge in [-0.25, -0.2) is 4.98 Å². The van der Waals surface area contributed by atoms with Crippen LogP contribution in [0.25, 0.3) is 16.2 Å². The topological polar surface area (TPSA) is 69.9 Å². The second-order valence-electron chi connectivity index (χ2n) is 5.14. The molecular weight excluding hydrogens is 364 g/mol. The highest BCUT2D eigenvalue weighted by atomic mass is 35.5. The number of fused-ring (bicyclic) bond motifs is 1. The average molecular weight is 379 g/mol. The minimum Gasteiger partial charge on any atom is -0.495 e. The maximum atomic E-state index is 11.6. The Balaban J connectivity index is 2.00. The zero-order chi connectivity index (χ0) is 18.0. The highest BCUT2D eigenvalue weighted by molar-refractivity contribution is 7.17.